The molecule has 1 amide bonds. The van der Waals surface area contributed by atoms with E-state index in [0.717, 1.165) is 24.8 Å². The highest BCUT2D eigenvalue weighted by Gasteiger charge is 2.18. The molecular weight excluding hydrogens is 260 g/mol. The van der Waals surface area contributed by atoms with Crippen LogP contribution in [0.15, 0.2) is 18.2 Å². The van der Waals surface area contributed by atoms with Gasteiger partial charge in [0.1, 0.15) is 10.8 Å². The van der Waals surface area contributed by atoms with Crippen molar-refractivity contribution >= 4 is 17.5 Å². The van der Waals surface area contributed by atoms with E-state index in [-0.39, 0.29) is 5.91 Å². The summed E-state index contributed by atoms with van der Waals surface area (Å²) in [6.45, 7) is 3.05. The van der Waals surface area contributed by atoms with Crippen LogP contribution in [0, 0.1) is 11.8 Å². The maximum absolute atomic E-state index is 11.9. The summed E-state index contributed by atoms with van der Waals surface area (Å²) in [6, 6.07) is 5.10. The molecule has 0 radical (unpaired) electrons. The number of halogens is 1. The highest BCUT2D eigenvalue weighted by atomic mass is 35.5. The molecule has 1 aliphatic carbocycles. The SMILES string of the molecule is CC1CCC(CCNC(=O)c2cccc(Cl)n2)CC1. The maximum atomic E-state index is 11.9. The first-order valence-corrected chi connectivity index (χ1v) is 7.43. The van der Waals surface area contributed by atoms with Crippen molar-refractivity contribution < 1.29 is 4.79 Å². The zero-order chi connectivity index (χ0) is 13.7. The minimum Gasteiger partial charge on any atom is -0.351 e. The van der Waals surface area contributed by atoms with Crippen LogP contribution in [-0.4, -0.2) is 17.4 Å². The standard InChI is InChI=1S/C15H21ClN2O/c1-11-5-7-12(8-6-11)9-10-17-15(19)13-3-2-4-14(16)18-13/h2-4,11-12H,5-10H2,1H3,(H,17,19). The van der Waals surface area contributed by atoms with Crippen molar-refractivity contribution in [3.05, 3.63) is 29.0 Å². The fraction of sp³-hybridized carbons (Fsp3) is 0.600. The first kappa shape index (κ1) is 14.3. The van der Waals surface area contributed by atoms with Gasteiger partial charge in [0.15, 0.2) is 0 Å². The van der Waals surface area contributed by atoms with Crippen molar-refractivity contribution in [3.8, 4) is 0 Å². The fourth-order valence-corrected chi connectivity index (χ4v) is 2.80. The quantitative estimate of drug-likeness (QED) is 0.855. The highest BCUT2D eigenvalue weighted by Crippen LogP contribution is 2.29. The fourth-order valence-electron chi connectivity index (χ4n) is 2.63. The van der Waals surface area contributed by atoms with E-state index in [4.69, 9.17) is 11.6 Å². The third-order valence-electron chi connectivity index (χ3n) is 3.92. The largest absolute Gasteiger partial charge is 0.351 e. The molecular formula is C15H21ClN2O. The second-order valence-corrected chi connectivity index (χ2v) is 5.90. The Morgan fingerprint density at radius 3 is 2.79 bits per heavy atom. The summed E-state index contributed by atoms with van der Waals surface area (Å²) >= 11 is 5.77. The molecule has 1 N–H and O–H groups in total. The zero-order valence-corrected chi connectivity index (χ0v) is 12.1. The number of nitrogens with one attached hydrogen (secondary N) is 1. The van der Waals surface area contributed by atoms with Crippen LogP contribution < -0.4 is 5.32 Å². The number of hydrogen-bond acceptors (Lipinski definition) is 2. The molecule has 1 aliphatic rings. The Kier molecular flexibility index (Phi) is 5.20. The Morgan fingerprint density at radius 1 is 1.37 bits per heavy atom. The minimum atomic E-state index is -0.133. The molecule has 0 atom stereocenters. The van der Waals surface area contributed by atoms with E-state index in [9.17, 15) is 4.79 Å². The molecule has 1 saturated carbocycles. The topological polar surface area (TPSA) is 42.0 Å². The van der Waals surface area contributed by atoms with E-state index in [1.807, 2.05) is 0 Å². The molecule has 104 valence electrons. The first-order chi connectivity index (χ1) is 9.15. The van der Waals surface area contributed by atoms with E-state index in [1.54, 1.807) is 18.2 Å². The number of amides is 1. The van der Waals surface area contributed by atoms with Gasteiger partial charge in [-0.25, -0.2) is 4.98 Å². The molecule has 1 aromatic rings. The van der Waals surface area contributed by atoms with Crippen LogP contribution in [-0.2, 0) is 0 Å². The van der Waals surface area contributed by atoms with Crippen LogP contribution >= 0.6 is 11.6 Å². The summed E-state index contributed by atoms with van der Waals surface area (Å²) < 4.78 is 0. The van der Waals surface area contributed by atoms with E-state index in [2.05, 4.69) is 17.2 Å². The van der Waals surface area contributed by atoms with Crippen molar-refractivity contribution in [3.63, 3.8) is 0 Å². The third kappa shape index (κ3) is 4.50. The van der Waals surface area contributed by atoms with Gasteiger partial charge in [0, 0.05) is 6.54 Å². The van der Waals surface area contributed by atoms with Crippen LogP contribution in [0.1, 0.15) is 49.5 Å². The highest BCUT2D eigenvalue weighted by molar-refractivity contribution is 6.29. The summed E-state index contributed by atoms with van der Waals surface area (Å²) in [4.78, 5) is 15.9. The van der Waals surface area contributed by atoms with Crippen LogP contribution in [0.3, 0.4) is 0 Å². The van der Waals surface area contributed by atoms with Crippen molar-refractivity contribution in [2.45, 2.75) is 39.0 Å². The monoisotopic (exact) mass is 280 g/mol. The summed E-state index contributed by atoms with van der Waals surface area (Å²) in [6.07, 6.45) is 6.32. The maximum Gasteiger partial charge on any atom is 0.269 e. The molecule has 3 nitrogen and oxygen atoms in total. The predicted octanol–water partition coefficient (Wildman–Crippen LogP) is 3.68. The zero-order valence-electron chi connectivity index (χ0n) is 11.4. The smallest absolute Gasteiger partial charge is 0.269 e. The Labute approximate surface area is 119 Å². The van der Waals surface area contributed by atoms with Crippen molar-refractivity contribution in [1.82, 2.24) is 10.3 Å². The Morgan fingerprint density at radius 2 is 2.11 bits per heavy atom. The number of carbonyl (C=O) groups is 1. The van der Waals surface area contributed by atoms with Gasteiger partial charge in [-0.15, -0.1) is 0 Å². The Hall–Kier alpha value is -1.09. The average molecular weight is 281 g/mol. The molecule has 4 heteroatoms. The van der Waals surface area contributed by atoms with E-state index in [0.29, 0.717) is 10.8 Å². The predicted molar refractivity (Wildman–Crippen MR) is 77.3 cm³/mol. The molecule has 19 heavy (non-hydrogen) atoms. The van der Waals surface area contributed by atoms with Crippen molar-refractivity contribution in [2.24, 2.45) is 11.8 Å². The van der Waals surface area contributed by atoms with E-state index >= 15 is 0 Å². The van der Waals surface area contributed by atoms with Crippen LogP contribution in [0.5, 0.6) is 0 Å². The lowest BCUT2D eigenvalue weighted by molar-refractivity contribution is 0.0944. The number of aromatic nitrogens is 1. The normalized spacial score (nSPS) is 23.1. The second kappa shape index (κ2) is 6.90. The van der Waals surface area contributed by atoms with E-state index < -0.39 is 0 Å². The molecule has 0 aliphatic heterocycles. The second-order valence-electron chi connectivity index (χ2n) is 5.52. The number of nitrogens with zero attached hydrogens (tertiary/aromatic N) is 1. The summed E-state index contributed by atoms with van der Waals surface area (Å²) in [7, 11) is 0. The summed E-state index contributed by atoms with van der Waals surface area (Å²) in [5, 5.41) is 3.28. The van der Waals surface area contributed by atoms with Crippen molar-refractivity contribution in [2.75, 3.05) is 6.54 Å². The molecule has 0 spiro atoms. The summed E-state index contributed by atoms with van der Waals surface area (Å²) in [5.41, 5.74) is 0.393. The van der Waals surface area contributed by atoms with Gasteiger partial charge in [0.05, 0.1) is 0 Å². The van der Waals surface area contributed by atoms with Crippen molar-refractivity contribution in [1.29, 1.82) is 0 Å². The molecule has 0 bridgehead atoms. The number of pyridine rings is 1. The molecule has 1 heterocycles. The molecule has 0 saturated heterocycles. The van der Waals surface area contributed by atoms with Gasteiger partial charge >= 0.3 is 0 Å². The van der Waals surface area contributed by atoms with Crippen LogP contribution in [0.2, 0.25) is 5.15 Å². The minimum absolute atomic E-state index is 0.133. The van der Waals surface area contributed by atoms with Gasteiger partial charge in [0.2, 0.25) is 0 Å². The van der Waals surface area contributed by atoms with Gasteiger partial charge in [-0.1, -0.05) is 50.3 Å². The lowest BCUT2D eigenvalue weighted by Crippen LogP contribution is -2.27. The van der Waals surface area contributed by atoms with Gasteiger partial charge < -0.3 is 5.32 Å². The molecule has 2 rings (SSSR count). The molecule has 1 aromatic heterocycles. The molecule has 1 fully saturated rings. The number of carbonyl (C=O) groups excluding carboxylic acids is 1. The lowest BCUT2D eigenvalue weighted by Gasteiger charge is -2.26. The Bertz CT molecular complexity index is 428. The van der Waals surface area contributed by atoms with Gasteiger partial charge in [0.25, 0.3) is 5.91 Å². The molecule has 0 unspecified atom stereocenters. The first-order valence-electron chi connectivity index (χ1n) is 7.06. The summed E-state index contributed by atoms with van der Waals surface area (Å²) in [5.74, 6) is 1.51. The van der Waals surface area contributed by atoms with Crippen LogP contribution in [0.4, 0.5) is 0 Å². The average Bonchev–Trinajstić information content (AvgIpc) is 2.41. The number of hydrogen-bond donors (Lipinski definition) is 1. The van der Waals surface area contributed by atoms with Crippen LogP contribution in [0.25, 0.3) is 0 Å². The lowest BCUT2D eigenvalue weighted by atomic mass is 9.81. The van der Waals surface area contributed by atoms with Gasteiger partial charge in [-0.3, -0.25) is 4.79 Å². The van der Waals surface area contributed by atoms with Gasteiger partial charge in [-0.05, 0) is 30.4 Å². The molecule has 0 aromatic carbocycles. The van der Waals surface area contributed by atoms with E-state index in [1.165, 1.54) is 25.7 Å². The third-order valence-corrected chi connectivity index (χ3v) is 4.13. The number of rotatable bonds is 4. The van der Waals surface area contributed by atoms with Gasteiger partial charge in [-0.2, -0.15) is 0 Å². The Balaban J connectivity index is 1.72.